The van der Waals surface area contributed by atoms with Gasteiger partial charge in [-0.25, -0.2) is 9.07 Å². The average molecular weight is 430 g/mol. The standard InChI is InChI=1S/C21H21ClFN5O2/c22-17-5-3-6-18(23)16(17)14-26-10-12-27(13-11-26)20(29)8-9-28-21(30)15-4-1-2-7-19(15)24-25-28/h1-7H,8-14H2. The molecule has 1 aliphatic heterocycles. The van der Waals surface area contributed by atoms with Crippen molar-refractivity contribution in [2.75, 3.05) is 26.2 Å². The van der Waals surface area contributed by atoms with Crippen molar-refractivity contribution in [2.45, 2.75) is 19.5 Å². The summed E-state index contributed by atoms with van der Waals surface area (Å²) >= 11 is 6.11. The first kappa shape index (κ1) is 20.4. The molecule has 0 spiro atoms. The highest BCUT2D eigenvalue weighted by Gasteiger charge is 2.22. The fraction of sp³-hybridized carbons (Fsp3) is 0.333. The highest BCUT2D eigenvalue weighted by Crippen LogP contribution is 2.21. The van der Waals surface area contributed by atoms with E-state index >= 15 is 0 Å². The summed E-state index contributed by atoms with van der Waals surface area (Å²) in [6, 6.07) is 11.7. The zero-order valence-corrected chi connectivity index (χ0v) is 17.1. The summed E-state index contributed by atoms with van der Waals surface area (Å²) in [4.78, 5) is 28.9. The zero-order chi connectivity index (χ0) is 21.1. The summed E-state index contributed by atoms with van der Waals surface area (Å²) < 4.78 is 15.2. The molecule has 1 aliphatic rings. The van der Waals surface area contributed by atoms with Crippen LogP contribution >= 0.6 is 11.6 Å². The number of fused-ring (bicyclic) bond motifs is 1. The molecule has 3 aromatic rings. The van der Waals surface area contributed by atoms with E-state index in [1.807, 2.05) is 0 Å². The number of hydrogen-bond acceptors (Lipinski definition) is 5. The maximum atomic E-state index is 14.0. The van der Waals surface area contributed by atoms with E-state index in [4.69, 9.17) is 11.6 Å². The van der Waals surface area contributed by atoms with E-state index in [2.05, 4.69) is 15.2 Å². The molecule has 0 radical (unpaired) electrons. The maximum absolute atomic E-state index is 14.0. The molecule has 1 saturated heterocycles. The van der Waals surface area contributed by atoms with Crippen molar-refractivity contribution in [3.05, 3.63) is 69.2 Å². The third-order valence-corrected chi connectivity index (χ3v) is 5.69. The molecule has 2 aromatic carbocycles. The summed E-state index contributed by atoms with van der Waals surface area (Å²) in [6.45, 7) is 2.95. The van der Waals surface area contributed by atoms with Gasteiger partial charge in [0.1, 0.15) is 11.3 Å². The average Bonchev–Trinajstić information content (AvgIpc) is 2.76. The van der Waals surface area contributed by atoms with Crippen LogP contribution in [0.5, 0.6) is 0 Å². The Morgan fingerprint density at radius 1 is 1.07 bits per heavy atom. The van der Waals surface area contributed by atoms with Gasteiger partial charge in [0.2, 0.25) is 5.91 Å². The molecule has 156 valence electrons. The lowest BCUT2D eigenvalue weighted by molar-refractivity contribution is -0.133. The lowest BCUT2D eigenvalue weighted by Gasteiger charge is -2.35. The van der Waals surface area contributed by atoms with Crippen molar-refractivity contribution in [3.8, 4) is 0 Å². The molecule has 30 heavy (non-hydrogen) atoms. The molecular formula is C21H21ClFN5O2. The Kier molecular flexibility index (Phi) is 6.06. The van der Waals surface area contributed by atoms with Crippen LogP contribution < -0.4 is 5.56 Å². The number of hydrogen-bond donors (Lipinski definition) is 0. The molecule has 1 amide bonds. The van der Waals surface area contributed by atoms with Crippen molar-refractivity contribution >= 4 is 28.4 Å². The minimum absolute atomic E-state index is 0.0413. The smallest absolute Gasteiger partial charge is 0.277 e. The summed E-state index contributed by atoms with van der Waals surface area (Å²) in [5.74, 6) is -0.358. The number of amides is 1. The normalized spacial score (nSPS) is 14.9. The highest BCUT2D eigenvalue weighted by molar-refractivity contribution is 6.31. The van der Waals surface area contributed by atoms with Gasteiger partial charge in [-0.1, -0.05) is 35.0 Å². The van der Waals surface area contributed by atoms with Crippen molar-refractivity contribution in [1.82, 2.24) is 24.8 Å². The van der Waals surface area contributed by atoms with Gasteiger partial charge in [0.05, 0.1) is 11.9 Å². The minimum Gasteiger partial charge on any atom is -0.340 e. The largest absolute Gasteiger partial charge is 0.340 e. The van der Waals surface area contributed by atoms with Crippen LogP contribution in [0.1, 0.15) is 12.0 Å². The fourth-order valence-electron chi connectivity index (χ4n) is 3.59. The molecule has 9 heteroatoms. The van der Waals surface area contributed by atoms with Crippen molar-refractivity contribution in [3.63, 3.8) is 0 Å². The van der Waals surface area contributed by atoms with Crippen molar-refractivity contribution in [2.24, 2.45) is 0 Å². The van der Waals surface area contributed by atoms with Crippen LogP contribution in [0.15, 0.2) is 47.3 Å². The van der Waals surface area contributed by atoms with Crippen LogP contribution in [-0.4, -0.2) is 56.9 Å². The third-order valence-electron chi connectivity index (χ3n) is 5.34. The number of aromatic nitrogens is 3. The van der Waals surface area contributed by atoms with E-state index in [1.165, 1.54) is 10.7 Å². The first-order chi connectivity index (χ1) is 14.5. The summed E-state index contributed by atoms with van der Waals surface area (Å²) in [6.07, 6.45) is 0.173. The van der Waals surface area contributed by atoms with Gasteiger partial charge in [-0.2, -0.15) is 0 Å². The Balaban J connectivity index is 1.32. The molecule has 7 nitrogen and oxygen atoms in total. The molecule has 0 bridgehead atoms. The molecule has 4 rings (SSSR count). The van der Waals surface area contributed by atoms with Crippen molar-refractivity contribution in [1.29, 1.82) is 0 Å². The second-order valence-corrected chi connectivity index (χ2v) is 7.65. The van der Waals surface area contributed by atoms with E-state index in [0.29, 0.717) is 54.2 Å². The SMILES string of the molecule is O=C(CCn1nnc2ccccc2c1=O)N1CCN(Cc2c(F)cccc2Cl)CC1. The van der Waals surface area contributed by atoms with Gasteiger partial charge in [0.15, 0.2) is 0 Å². The zero-order valence-electron chi connectivity index (χ0n) is 16.3. The van der Waals surface area contributed by atoms with Crippen LogP contribution in [0.2, 0.25) is 5.02 Å². The predicted octanol–water partition coefficient (Wildman–Crippen LogP) is 2.32. The number of piperazine rings is 1. The number of rotatable bonds is 5. The lowest BCUT2D eigenvalue weighted by Crippen LogP contribution is -2.48. The molecule has 0 aliphatic carbocycles. The number of carbonyl (C=O) groups is 1. The Labute approximate surface area is 177 Å². The number of halogens is 2. The molecule has 1 aromatic heterocycles. The van der Waals surface area contributed by atoms with Crippen LogP contribution in [0.25, 0.3) is 10.9 Å². The Morgan fingerprint density at radius 3 is 2.60 bits per heavy atom. The number of aryl methyl sites for hydroxylation is 1. The van der Waals surface area contributed by atoms with E-state index in [1.54, 1.807) is 41.3 Å². The van der Waals surface area contributed by atoms with Gasteiger partial charge >= 0.3 is 0 Å². The minimum atomic E-state index is -0.317. The molecule has 0 atom stereocenters. The van der Waals surface area contributed by atoms with E-state index < -0.39 is 0 Å². The van der Waals surface area contributed by atoms with Gasteiger partial charge in [-0.05, 0) is 24.3 Å². The van der Waals surface area contributed by atoms with Gasteiger partial charge in [-0.15, -0.1) is 5.10 Å². The van der Waals surface area contributed by atoms with Gasteiger partial charge in [0.25, 0.3) is 5.56 Å². The maximum Gasteiger partial charge on any atom is 0.277 e. The lowest BCUT2D eigenvalue weighted by atomic mass is 10.1. The van der Waals surface area contributed by atoms with Gasteiger partial charge in [-0.3, -0.25) is 14.5 Å². The van der Waals surface area contributed by atoms with E-state index in [9.17, 15) is 14.0 Å². The second-order valence-electron chi connectivity index (χ2n) is 7.24. The summed E-state index contributed by atoms with van der Waals surface area (Å²) in [5.41, 5.74) is 0.768. The van der Waals surface area contributed by atoms with Gasteiger partial charge in [0, 0.05) is 49.7 Å². The van der Waals surface area contributed by atoms with Crippen LogP contribution in [0, 0.1) is 5.82 Å². The van der Waals surface area contributed by atoms with Crippen LogP contribution in [-0.2, 0) is 17.9 Å². The topological polar surface area (TPSA) is 71.3 Å². The molecular weight excluding hydrogens is 409 g/mol. The molecule has 0 saturated carbocycles. The summed E-state index contributed by atoms with van der Waals surface area (Å²) in [5, 5.41) is 8.86. The Bertz CT molecular complexity index is 1110. The first-order valence-electron chi connectivity index (χ1n) is 9.78. The van der Waals surface area contributed by atoms with Crippen LogP contribution in [0.4, 0.5) is 4.39 Å². The van der Waals surface area contributed by atoms with E-state index in [0.717, 1.165) is 0 Å². The summed E-state index contributed by atoms with van der Waals surface area (Å²) in [7, 11) is 0. The Morgan fingerprint density at radius 2 is 1.83 bits per heavy atom. The fourth-order valence-corrected chi connectivity index (χ4v) is 3.81. The van der Waals surface area contributed by atoms with Gasteiger partial charge < -0.3 is 4.90 Å². The quantitative estimate of drug-likeness (QED) is 0.622. The van der Waals surface area contributed by atoms with Crippen LogP contribution in [0.3, 0.4) is 0 Å². The molecule has 0 N–H and O–H groups in total. The van der Waals surface area contributed by atoms with Crippen molar-refractivity contribution < 1.29 is 9.18 Å². The Hall–Kier alpha value is -2.84. The number of nitrogens with zero attached hydrogens (tertiary/aromatic N) is 5. The molecule has 0 unspecified atom stereocenters. The monoisotopic (exact) mass is 429 g/mol. The second kappa shape index (κ2) is 8.89. The molecule has 1 fully saturated rings. The molecule has 2 heterocycles. The third kappa shape index (κ3) is 4.34. The highest BCUT2D eigenvalue weighted by atomic mass is 35.5. The number of carbonyl (C=O) groups excluding carboxylic acids is 1. The number of benzene rings is 2. The predicted molar refractivity (Wildman–Crippen MR) is 112 cm³/mol. The van der Waals surface area contributed by atoms with E-state index in [-0.39, 0.29) is 30.2 Å². The first-order valence-corrected chi connectivity index (χ1v) is 10.2.